The molecule has 170 valence electrons. The van der Waals surface area contributed by atoms with Gasteiger partial charge in [0, 0.05) is 41.7 Å². The van der Waals surface area contributed by atoms with Crippen molar-refractivity contribution in [1.29, 1.82) is 0 Å². The van der Waals surface area contributed by atoms with Gasteiger partial charge in [-0.05, 0) is 50.1 Å². The number of aromatic nitrogens is 3. The van der Waals surface area contributed by atoms with Crippen LogP contribution in [-0.4, -0.2) is 52.8 Å². The van der Waals surface area contributed by atoms with E-state index in [0.717, 1.165) is 18.4 Å². The average Bonchev–Trinajstić information content (AvgIpc) is 3.64. The summed E-state index contributed by atoms with van der Waals surface area (Å²) in [7, 11) is 0. The number of carbonyl (C=O) groups is 1. The predicted octanol–water partition coefficient (Wildman–Crippen LogP) is 3.85. The monoisotopic (exact) mass is 448 g/mol. The maximum atomic E-state index is 14.5. The van der Waals surface area contributed by atoms with Gasteiger partial charge in [-0.15, -0.1) is 0 Å². The Morgan fingerprint density at radius 3 is 2.73 bits per heavy atom. The number of morpholine rings is 1. The molecule has 0 bridgehead atoms. The summed E-state index contributed by atoms with van der Waals surface area (Å²) >= 11 is 0. The molecule has 2 amide bonds. The van der Waals surface area contributed by atoms with Gasteiger partial charge in [-0.25, -0.2) is 19.2 Å². The van der Waals surface area contributed by atoms with Crippen molar-refractivity contribution in [2.45, 2.75) is 31.8 Å². The molecule has 1 aliphatic heterocycles. The van der Waals surface area contributed by atoms with Crippen molar-refractivity contribution in [3.8, 4) is 22.6 Å². The summed E-state index contributed by atoms with van der Waals surface area (Å²) in [6, 6.07) is 10.9. The van der Waals surface area contributed by atoms with Crippen LogP contribution < -0.4 is 15.5 Å². The SMILES string of the molecule is C[C@H]1COCCN1c1cc(-c2ccncc2F)nc(-c2ccc(NC(=O)NC3CC3)cc2)n1. The third-order valence-corrected chi connectivity index (χ3v) is 5.74. The highest BCUT2D eigenvalue weighted by molar-refractivity contribution is 5.89. The number of hydrogen-bond acceptors (Lipinski definition) is 6. The van der Waals surface area contributed by atoms with Crippen molar-refractivity contribution < 1.29 is 13.9 Å². The summed E-state index contributed by atoms with van der Waals surface area (Å²) in [6.45, 7) is 3.96. The van der Waals surface area contributed by atoms with E-state index in [2.05, 4.69) is 32.4 Å². The van der Waals surface area contributed by atoms with Gasteiger partial charge in [0.05, 0.1) is 31.1 Å². The highest BCUT2D eigenvalue weighted by Gasteiger charge is 2.24. The fraction of sp³-hybridized carbons (Fsp3) is 0.333. The summed E-state index contributed by atoms with van der Waals surface area (Å²) < 4.78 is 20.1. The maximum absolute atomic E-state index is 14.5. The van der Waals surface area contributed by atoms with E-state index >= 15 is 0 Å². The molecular formula is C24H25FN6O2. The Balaban J connectivity index is 1.48. The Labute approximate surface area is 191 Å². The lowest BCUT2D eigenvalue weighted by atomic mass is 10.1. The summed E-state index contributed by atoms with van der Waals surface area (Å²) in [5.74, 6) is 0.753. The van der Waals surface area contributed by atoms with Crippen LogP contribution >= 0.6 is 0 Å². The smallest absolute Gasteiger partial charge is 0.319 e. The first-order valence-corrected chi connectivity index (χ1v) is 11.1. The topological polar surface area (TPSA) is 92.3 Å². The molecule has 0 radical (unpaired) electrons. The van der Waals surface area contributed by atoms with Gasteiger partial charge >= 0.3 is 6.03 Å². The van der Waals surface area contributed by atoms with E-state index < -0.39 is 5.82 Å². The van der Waals surface area contributed by atoms with E-state index in [0.29, 0.717) is 48.3 Å². The van der Waals surface area contributed by atoms with E-state index in [1.807, 2.05) is 30.3 Å². The highest BCUT2D eigenvalue weighted by atomic mass is 19.1. The zero-order valence-corrected chi connectivity index (χ0v) is 18.3. The van der Waals surface area contributed by atoms with E-state index in [-0.39, 0.29) is 18.1 Å². The van der Waals surface area contributed by atoms with Crippen LogP contribution in [0.15, 0.2) is 48.8 Å². The number of ether oxygens (including phenoxy) is 1. The molecule has 2 fully saturated rings. The first kappa shape index (κ1) is 21.3. The molecule has 33 heavy (non-hydrogen) atoms. The highest BCUT2D eigenvalue weighted by Crippen LogP contribution is 2.29. The molecule has 0 unspecified atom stereocenters. The van der Waals surface area contributed by atoms with Crippen molar-refractivity contribution in [2.24, 2.45) is 0 Å². The van der Waals surface area contributed by atoms with Crippen LogP contribution in [0.25, 0.3) is 22.6 Å². The molecule has 3 heterocycles. The number of benzene rings is 1. The van der Waals surface area contributed by atoms with Crippen LogP contribution in [0.3, 0.4) is 0 Å². The molecular weight excluding hydrogens is 423 g/mol. The number of nitrogens with zero attached hydrogens (tertiary/aromatic N) is 4. The molecule has 1 atom stereocenters. The Kier molecular flexibility index (Phi) is 5.87. The number of rotatable bonds is 5. The number of nitrogens with one attached hydrogen (secondary N) is 2. The second-order valence-electron chi connectivity index (χ2n) is 8.36. The lowest BCUT2D eigenvalue weighted by Gasteiger charge is -2.34. The molecule has 1 saturated heterocycles. The number of amides is 2. The van der Waals surface area contributed by atoms with Crippen molar-refractivity contribution in [3.05, 3.63) is 54.6 Å². The second kappa shape index (κ2) is 9.11. The van der Waals surface area contributed by atoms with Gasteiger partial charge in [-0.3, -0.25) is 4.98 Å². The largest absolute Gasteiger partial charge is 0.377 e. The maximum Gasteiger partial charge on any atom is 0.319 e. The molecule has 0 spiro atoms. The van der Waals surface area contributed by atoms with Crippen LogP contribution in [0.5, 0.6) is 0 Å². The minimum atomic E-state index is -0.440. The van der Waals surface area contributed by atoms with Gasteiger partial charge in [0.25, 0.3) is 0 Å². The number of pyridine rings is 1. The zero-order chi connectivity index (χ0) is 22.8. The molecule has 2 aliphatic rings. The Morgan fingerprint density at radius 2 is 2.00 bits per heavy atom. The molecule has 1 aromatic carbocycles. The molecule has 5 rings (SSSR count). The van der Waals surface area contributed by atoms with Crippen molar-refractivity contribution in [2.75, 3.05) is 30.0 Å². The van der Waals surface area contributed by atoms with Crippen LogP contribution in [-0.2, 0) is 4.74 Å². The number of carbonyl (C=O) groups excluding carboxylic acids is 1. The van der Waals surface area contributed by atoms with E-state index in [9.17, 15) is 9.18 Å². The van der Waals surface area contributed by atoms with E-state index in [1.54, 1.807) is 12.3 Å². The lowest BCUT2D eigenvalue weighted by molar-refractivity contribution is 0.0985. The Hall–Kier alpha value is -3.59. The van der Waals surface area contributed by atoms with Crippen molar-refractivity contribution in [1.82, 2.24) is 20.3 Å². The van der Waals surface area contributed by atoms with E-state index in [4.69, 9.17) is 9.72 Å². The summed E-state index contributed by atoms with van der Waals surface area (Å²) in [4.78, 5) is 27.4. The van der Waals surface area contributed by atoms with Gasteiger partial charge < -0.3 is 20.3 Å². The third-order valence-electron chi connectivity index (χ3n) is 5.74. The molecule has 2 N–H and O–H groups in total. The number of urea groups is 1. The third kappa shape index (κ3) is 4.93. The van der Waals surface area contributed by atoms with Gasteiger partial charge in [0.1, 0.15) is 5.82 Å². The number of halogens is 1. The average molecular weight is 449 g/mol. The summed E-state index contributed by atoms with van der Waals surface area (Å²) in [6.07, 6.45) is 4.79. The summed E-state index contributed by atoms with van der Waals surface area (Å²) in [5, 5.41) is 5.73. The standard InChI is InChI=1S/C24H25FN6O2/c1-15-14-33-11-10-31(15)22-12-21(19-8-9-26-13-20(19)25)29-23(30-22)16-2-4-17(5-3-16)27-24(32)28-18-6-7-18/h2-5,8-9,12-13,15,18H,6-7,10-11,14H2,1H3,(H2,27,28,32)/t15-/m0/s1. The minimum Gasteiger partial charge on any atom is -0.377 e. The molecule has 9 heteroatoms. The van der Waals surface area contributed by atoms with Gasteiger partial charge in [0.15, 0.2) is 11.6 Å². The Bertz CT molecular complexity index is 1150. The number of anilines is 2. The normalized spacial score (nSPS) is 18.1. The van der Waals surface area contributed by atoms with Crippen LogP contribution in [0.2, 0.25) is 0 Å². The van der Waals surface area contributed by atoms with Gasteiger partial charge in [-0.2, -0.15) is 0 Å². The van der Waals surface area contributed by atoms with Crippen LogP contribution in [0.4, 0.5) is 20.7 Å². The van der Waals surface area contributed by atoms with Gasteiger partial charge in [0.2, 0.25) is 0 Å². The first-order chi connectivity index (χ1) is 16.1. The van der Waals surface area contributed by atoms with Crippen LogP contribution in [0, 0.1) is 5.82 Å². The second-order valence-corrected chi connectivity index (χ2v) is 8.36. The summed E-state index contributed by atoms with van der Waals surface area (Å²) in [5.41, 5.74) is 2.29. The molecule has 3 aromatic rings. The van der Waals surface area contributed by atoms with Crippen LogP contribution in [0.1, 0.15) is 19.8 Å². The lowest BCUT2D eigenvalue weighted by Crippen LogP contribution is -2.44. The molecule has 2 aromatic heterocycles. The predicted molar refractivity (Wildman–Crippen MR) is 123 cm³/mol. The molecule has 8 nitrogen and oxygen atoms in total. The van der Waals surface area contributed by atoms with Crippen molar-refractivity contribution in [3.63, 3.8) is 0 Å². The quantitative estimate of drug-likeness (QED) is 0.616. The molecule has 1 aliphatic carbocycles. The Morgan fingerprint density at radius 1 is 1.18 bits per heavy atom. The fourth-order valence-corrected chi connectivity index (χ4v) is 3.78. The van der Waals surface area contributed by atoms with E-state index in [1.165, 1.54) is 6.20 Å². The number of hydrogen-bond donors (Lipinski definition) is 2. The minimum absolute atomic E-state index is 0.133. The first-order valence-electron chi connectivity index (χ1n) is 11.1. The fourth-order valence-electron chi connectivity index (χ4n) is 3.78. The van der Waals surface area contributed by atoms with Crippen molar-refractivity contribution >= 4 is 17.5 Å². The zero-order valence-electron chi connectivity index (χ0n) is 18.3. The molecule has 1 saturated carbocycles. The van der Waals surface area contributed by atoms with Gasteiger partial charge in [-0.1, -0.05) is 0 Å².